The summed E-state index contributed by atoms with van der Waals surface area (Å²) in [5.41, 5.74) is 1.02. The van der Waals surface area contributed by atoms with Crippen LogP contribution in [0.5, 0.6) is 5.75 Å². The maximum atomic E-state index is 13.5. The number of anilines is 2. The molecule has 2 aromatic rings. The molecular formula is C19H19FN2O4S. The minimum Gasteiger partial charge on any atom is -0.493 e. The van der Waals surface area contributed by atoms with Gasteiger partial charge in [-0.15, -0.1) is 0 Å². The van der Waals surface area contributed by atoms with Crippen LogP contribution in [0.3, 0.4) is 0 Å². The van der Waals surface area contributed by atoms with Crippen LogP contribution >= 0.6 is 0 Å². The summed E-state index contributed by atoms with van der Waals surface area (Å²) < 4.78 is 44.5. The Balaban J connectivity index is 1.57. The minimum atomic E-state index is -3.61. The second kappa shape index (κ2) is 6.23. The Labute approximate surface area is 156 Å². The first kappa shape index (κ1) is 17.8. The van der Waals surface area contributed by atoms with Gasteiger partial charge in [0.25, 0.3) is 0 Å². The van der Waals surface area contributed by atoms with Crippen molar-refractivity contribution in [1.82, 2.24) is 0 Å². The molecule has 2 atom stereocenters. The Morgan fingerprint density at radius 3 is 2.78 bits per heavy atom. The second-order valence-corrected chi connectivity index (χ2v) is 8.81. The quantitative estimate of drug-likeness (QED) is 0.841. The van der Waals surface area contributed by atoms with E-state index in [1.165, 1.54) is 12.1 Å². The van der Waals surface area contributed by atoms with Gasteiger partial charge in [-0.3, -0.25) is 9.52 Å². The zero-order valence-electron chi connectivity index (χ0n) is 14.7. The van der Waals surface area contributed by atoms with Crippen LogP contribution in [0.15, 0.2) is 42.5 Å². The van der Waals surface area contributed by atoms with Crippen LogP contribution in [0.25, 0.3) is 0 Å². The van der Waals surface area contributed by atoms with Crippen LogP contribution in [0.2, 0.25) is 0 Å². The first-order chi connectivity index (χ1) is 12.8. The van der Waals surface area contributed by atoms with E-state index < -0.39 is 15.8 Å². The van der Waals surface area contributed by atoms with E-state index >= 15 is 0 Å². The highest BCUT2D eigenvalue weighted by Gasteiger charge is 2.61. The molecular weight excluding hydrogens is 371 g/mol. The van der Waals surface area contributed by atoms with Gasteiger partial charge in [0.05, 0.1) is 24.2 Å². The molecule has 27 heavy (non-hydrogen) atoms. The molecule has 4 rings (SSSR count). The van der Waals surface area contributed by atoms with Crippen molar-refractivity contribution < 1.29 is 22.3 Å². The number of nitrogens with one attached hydrogen (secondary N) is 2. The second-order valence-electron chi connectivity index (χ2n) is 7.06. The molecule has 0 radical (unpaired) electrons. The Kier molecular flexibility index (Phi) is 4.10. The van der Waals surface area contributed by atoms with Gasteiger partial charge in [0.1, 0.15) is 11.6 Å². The van der Waals surface area contributed by atoms with Gasteiger partial charge < -0.3 is 10.1 Å². The summed E-state index contributed by atoms with van der Waals surface area (Å²) in [7, 11) is -3.61. The van der Waals surface area contributed by atoms with E-state index in [1.807, 2.05) is 24.3 Å². The molecule has 1 spiro atoms. The molecule has 0 bridgehead atoms. The SMILES string of the molecule is CS(=O)(=O)Nc1cc(F)ccc1NC(=O)[C@@H]1C[C@]12CCOc1ccccc12. The fourth-order valence-electron chi connectivity index (χ4n) is 3.83. The van der Waals surface area contributed by atoms with E-state index in [1.54, 1.807) is 0 Å². The summed E-state index contributed by atoms with van der Waals surface area (Å²) in [5, 5.41) is 2.75. The Morgan fingerprint density at radius 2 is 2.00 bits per heavy atom. The maximum absolute atomic E-state index is 13.5. The number of sulfonamides is 1. The van der Waals surface area contributed by atoms with Crippen LogP contribution < -0.4 is 14.8 Å². The number of amides is 1. The number of carbonyl (C=O) groups excluding carboxylic acids is 1. The van der Waals surface area contributed by atoms with E-state index in [0.29, 0.717) is 13.0 Å². The van der Waals surface area contributed by atoms with E-state index in [0.717, 1.165) is 30.1 Å². The molecule has 2 N–H and O–H groups in total. The first-order valence-electron chi connectivity index (χ1n) is 8.59. The van der Waals surface area contributed by atoms with Gasteiger partial charge in [-0.05, 0) is 31.0 Å². The average molecular weight is 390 g/mol. The van der Waals surface area contributed by atoms with Crippen molar-refractivity contribution in [3.8, 4) is 5.75 Å². The molecule has 8 heteroatoms. The number of hydrogen-bond donors (Lipinski definition) is 2. The van der Waals surface area contributed by atoms with Crippen LogP contribution in [0, 0.1) is 11.7 Å². The monoisotopic (exact) mass is 390 g/mol. The lowest BCUT2D eigenvalue weighted by molar-refractivity contribution is -0.117. The fourth-order valence-corrected chi connectivity index (χ4v) is 4.40. The minimum absolute atomic E-state index is 0.00734. The fraction of sp³-hybridized carbons (Fsp3) is 0.316. The molecule has 6 nitrogen and oxygen atoms in total. The summed E-state index contributed by atoms with van der Waals surface area (Å²) in [5.74, 6) is -0.241. The van der Waals surface area contributed by atoms with Crippen molar-refractivity contribution in [2.24, 2.45) is 5.92 Å². The standard InChI is InChI=1S/C19H19FN2O4S/c1-27(24,25)22-16-10-12(20)6-7-15(16)21-18(23)14-11-19(14)8-9-26-17-5-3-2-4-13(17)19/h2-7,10,14,22H,8-9,11H2,1H3,(H,21,23)/t14-,19-/m0/s1. The van der Waals surface area contributed by atoms with Crippen LogP contribution in [0.1, 0.15) is 18.4 Å². The van der Waals surface area contributed by atoms with Crippen molar-refractivity contribution in [1.29, 1.82) is 0 Å². The maximum Gasteiger partial charge on any atom is 0.229 e. The van der Waals surface area contributed by atoms with E-state index in [4.69, 9.17) is 4.74 Å². The largest absolute Gasteiger partial charge is 0.493 e. The van der Waals surface area contributed by atoms with Gasteiger partial charge in [0.15, 0.2) is 0 Å². The molecule has 1 aliphatic heterocycles. The van der Waals surface area contributed by atoms with Crippen molar-refractivity contribution >= 4 is 27.3 Å². The Bertz CT molecular complexity index is 1020. The van der Waals surface area contributed by atoms with Crippen molar-refractivity contribution in [3.05, 3.63) is 53.8 Å². The van der Waals surface area contributed by atoms with Crippen molar-refractivity contribution in [2.75, 3.05) is 22.9 Å². The topological polar surface area (TPSA) is 84.5 Å². The van der Waals surface area contributed by atoms with E-state index in [-0.39, 0.29) is 28.6 Å². The third-order valence-corrected chi connectivity index (χ3v) is 5.75. The summed E-state index contributed by atoms with van der Waals surface area (Å²) in [6.45, 7) is 0.554. The van der Waals surface area contributed by atoms with Crippen molar-refractivity contribution in [3.63, 3.8) is 0 Å². The molecule has 2 aliphatic rings. The number of fused-ring (bicyclic) bond motifs is 2. The lowest BCUT2D eigenvalue weighted by atomic mass is 9.87. The number of carbonyl (C=O) groups is 1. The Morgan fingerprint density at radius 1 is 1.22 bits per heavy atom. The van der Waals surface area contributed by atoms with Crippen LogP contribution in [0.4, 0.5) is 15.8 Å². The zero-order valence-corrected chi connectivity index (χ0v) is 15.5. The summed E-state index contributed by atoms with van der Waals surface area (Å²) in [4.78, 5) is 12.8. The number of para-hydroxylation sites is 1. The third-order valence-electron chi connectivity index (χ3n) is 5.16. The molecule has 1 aliphatic carbocycles. The highest BCUT2D eigenvalue weighted by molar-refractivity contribution is 7.92. The lowest BCUT2D eigenvalue weighted by Gasteiger charge is -2.26. The molecule has 1 amide bonds. The molecule has 0 saturated heterocycles. The molecule has 0 aromatic heterocycles. The molecule has 1 heterocycles. The van der Waals surface area contributed by atoms with Gasteiger partial charge >= 0.3 is 0 Å². The molecule has 142 valence electrons. The van der Waals surface area contributed by atoms with Crippen LogP contribution in [-0.2, 0) is 20.2 Å². The first-order valence-corrected chi connectivity index (χ1v) is 10.5. The van der Waals surface area contributed by atoms with Gasteiger partial charge in [-0.1, -0.05) is 18.2 Å². The average Bonchev–Trinajstić information content (AvgIpc) is 3.31. The zero-order chi connectivity index (χ0) is 19.2. The van der Waals surface area contributed by atoms with Gasteiger partial charge in [-0.25, -0.2) is 12.8 Å². The van der Waals surface area contributed by atoms with Gasteiger partial charge in [0, 0.05) is 23.0 Å². The number of rotatable bonds is 4. The summed E-state index contributed by atoms with van der Waals surface area (Å²) in [6.07, 6.45) is 2.42. The van der Waals surface area contributed by atoms with E-state index in [2.05, 4.69) is 10.0 Å². The predicted molar refractivity (Wildman–Crippen MR) is 99.8 cm³/mol. The molecule has 2 aromatic carbocycles. The lowest BCUT2D eigenvalue weighted by Crippen LogP contribution is -2.27. The number of hydrogen-bond acceptors (Lipinski definition) is 4. The van der Waals surface area contributed by atoms with Crippen molar-refractivity contribution in [2.45, 2.75) is 18.3 Å². The summed E-state index contributed by atoms with van der Waals surface area (Å²) >= 11 is 0. The number of benzene rings is 2. The highest BCUT2D eigenvalue weighted by atomic mass is 32.2. The highest BCUT2D eigenvalue weighted by Crippen LogP contribution is 2.60. The van der Waals surface area contributed by atoms with Gasteiger partial charge in [-0.2, -0.15) is 0 Å². The Hall–Kier alpha value is -2.61. The molecule has 1 fully saturated rings. The smallest absolute Gasteiger partial charge is 0.229 e. The molecule has 0 unspecified atom stereocenters. The normalized spacial score (nSPS) is 23.3. The number of halogens is 1. The number of ether oxygens (including phenoxy) is 1. The predicted octanol–water partition coefficient (Wildman–Crippen LogP) is 2.88. The van der Waals surface area contributed by atoms with Gasteiger partial charge in [0.2, 0.25) is 15.9 Å². The van der Waals surface area contributed by atoms with E-state index in [9.17, 15) is 17.6 Å². The molecule has 1 saturated carbocycles. The summed E-state index contributed by atoms with van der Waals surface area (Å²) in [6, 6.07) is 11.3. The third kappa shape index (κ3) is 3.37. The van der Waals surface area contributed by atoms with Crippen LogP contribution in [-0.4, -0.2) is 27.2 Å².